The van der Waals surface area contributed by atoms with E-state index in [9.17, 15) is 0 Å². The quantitative estimate of drug-likeness (QED) is 0.156. The molecule has 0 atom stereocenters. The molecule has 11 aromatic rings. The minimum absolute atomic E-state index is 0.108. The lowest BCUT2D eigenvalue weighted by atomic mass is 9.80. The maximum atomic E-state index is 2.50. The number of nitrogens with zero attached hydrogens (tertiary/aromatic N) is 1. The van der Waals surface area contributed by atoms with Gasteiger partial charge in [-0.05, 0) is 152 Å². The Balaban J connectivity index is 0.965. The minimum Gasteiger partial charge on any atom is -0.310 e. The highest BCUT2D eigenvalue weighted by molar-refractivity contribution is 6.23. The maximum absolute atomic E-state index is 2.50. The molecule has 1 heteroatoms. The van der Waals surface area contributed by atoms with Gasteiger partial charge in [-0.3, -0.25) is 0 Å². The van der Waals surface area contributed by atoms with E-state index in [1.54, 1.807) is 0 Å². The lowest BCUT2D eigenvalue weighted by Gasteiger charge is -2.30. The Labute approximate surface area is 380 Å². The Bertz CT molecular complexity index is 3730. The smallest absolute Gasteiger partial charge is 0.0468 e. The molecule has 0 aromatic heterocycles. The van der Waals surface area contributed by atoms with Gasteiger partial charge in [0.25, 0.3) is 0 Å². The van der Waals surface area contributed by atoms with Crippen molar-refractivity contribution in [1.29, 1.82) is 0 Å². The Hall–Kier alpha value is -7.74. The predicted molar refractivity (Wildman–Crippen MR) is 277 cm³/mol. The zero-order valence-corrected chi connectivity index (χ0v) is 37.2. The molecule has 0 heterocycles. The van der Waals surface area contributed by atoms with Crippen LogP contribution in [-0.4, -0.2) is 0 Å². The van der Waals surface area contributed by atoms with E-state index in [4.69, 9.17) is 0 Å². The van der Waals surface area contributed by atoms with E-state index in [-0.39, 0.29) is 10.8 Å². The first kappa shape index (κ1) is 37.8. The summed E-state index contributed by atoms with van der Waals surface area (Å²) in [6.07, 6.45) is 0. The Morgan fingerprint density at radius 2 is 0.708 bits per heavy atom. The molecule has 1 nitrogen and oxygen atoms in total. The van der Waals surface area contributed by atoms with Gasteiger partial charge in [0.05, 0.1) is 0 Å². The molecule has 2 aliphatic rings. The SMILES string of the molecule is CC1(C)c2ccccc2-c2ccc(N(c3ccc4c(c3)C(C)(C)c3cc(-c5c6ccccc6c(-c6cccc7ccccc67)c6ccccc56)ccc3-4)c3ccc4ccccc4c3)cc21. The summed E-state index contributed by atoms with van der Waals surface area (Å²) in [5, 5.41) is 10.1. The molecular weight excluding hydrogens is 783 g/mol. The molecule has 0 fully saturated rings. The molecule has 11 aromatic carbocycles. The zero-order chi connectivity index (χ0) is 43.6. The van der Waals surface area contributed by atoms with Gasteiger partial charge in [-0.2, -0.15) is 0 Å². The average Bonchev–Trinajstić information content (AvgIpc) is 3.71. The van der Waals surface area contributed by atoms with Crippen molar-refractivity contribution in [2.24, 2.45) is 0 Å². The highest BCUT2D eigenvalue weighted by Crippen LogP contribution is 2.55. The summed E-state index contributed by atoms with van der Waals surface area (Å²) in [6, 6.07) is 79.7. The molecule has 0 spiro atoms. The monoisotopic (exact) mass is 829 g/mol. The Morgan fingerprint density at radius 3 is 1.37 bits per heavy atom. The second-order valence-corrected chi connectivity index (χ2v) is 19.3. The van der Waals surface area contributed by atoms with E-state index in [1.807, 2.05) is 0 Å². The van der Waals surface area contributed by atoms with Crippen molar-refractivity contribution in [2.45, 2.75) is 38.5 Å². The Morgan fingerprint density at radius 1 is 0.277 bits per heavy atom. The highest BCUT2D eigenvalue weighted by Gasteiger charge is 2.38. The zero-order valence-electron chi connectivity index (χ0n) is 37.2. The number of hydrogen-bond donors (Lipinski definition) is 0. The lowest BCUT2D eigenvalue weighted by Crippen LogP contribution is -2.18. The van der Waals surface area contributed by atoms with Gasteiger partial charge in [0.2, 0.25) is 0 Å². The van der Waals surface area contributed by atoms with Crippen LogP contribution in [-0.2, 0) is 10.8 Å². The topological polar surface area (TPSA) is 3.24 Å². The van der Waals surface area contributed by atoms with Crippen LogP contribution < -0.4 is 4.90 Å². The van der Waals surface area contributed by atoms with Crippen LogP contribution in [0.5, 0.6) is 0 Å². The largest absolute Gasteiger partial charge is 0.310 e. The molecule has 0 radical (unpaired) electrons. The molecule has 0 unspecified atom stereocenters. The molecule has 308 valence electrons. The van der Waals surface area contributed by atoms with Gasteiger partial charge in [0.15, 0.2) is 0 Å². The van der Waals surface area contributed by atoms with Crippen molar-refractivity contribution in [3.63, 3.8) is 0 Å². The first-order chi connectivity index (χ1) is 31.8. The molecule has 13 rings (SSSR count). The van der Waals surface area contributed by atoms with Crippen molar-refractivity contribution in [2.75, 3.05) is 4.90 Å². The van der Waals surface area contributed by atoms with Gasteiger partial charge in [-0.15, -0.1) is 0 Å². The summed E-state index contributed by atoms with van der Waals surface area (Å²) in [6.45, 7) is 9.58. The summed E-state index contributed by atoms with van der Waals surface area (Å²) in [5.41, 5.74) is 19.0. The van der Waals surface area contributed by atoms with E-state index in [0.717, 1.165) is 11.4 Å². The average molecular weight is 830 g/mol. The second kappa shape index (κ2) is 13.9. The van der Waals surface area contributed by atoms with Crippen molar-refractivity contribution in [1.82, 2.24) is 0 Å². The fourth-order valence-electron chi connectivity index (χ4n) is 11.8. The molecular formula is C64H47N. The van der Waals surface area contributed by atoms with E-state index in [2.05, 4.69) is 245 Å². The molecule has 0 aliphatic heterocycles. The van der Waals surface area contributed by atoms with E-state index in [0.29, 0.717) is 0 Å². The maximum Gasteiger partial charge on any atom is 0.0468 e. The van der Waals surface area contributed by atoms with E-state index >= 15 is 0 Å². The van der Waals surface area contributed by atoms with Gasteiger partial charge < -0.3 is 4.90 Å². The van der Waals surface area contributed by atoms with Crippen LogP contribution in [0.4, 0.5) is 17.1 Å². The normalized spacial score (nSPS) is 14.1. The van der Waals surface area contributed by atoms with Crippen molar-refractivity contribution in [3.8, 4) is 44.5 Å². The molecule has 0 saturated carbocycles. The van der Waals surface area contributed by atoms with Crippen LogP contribution in [0, 0.1) is 0 Å². The van der Waals surface area contributed by atoms with Crippen molar-refractivity contribution >= 4 is 60.2 Å². The number of fused-ring (bicyclic) bond motifs is 10. The van der Waals surface area contributed by atoms with Crippen molar-refractivity contribution in [3.05, 3.63) is 235 Å². The van der Waals surface area contributed by atoms with Crippen LogP contribution in [0.25, 0.3) is 87.6 Å². The van der Waals surface area contributed by atoms with Gasteiger partial charge in [0, 0.05) is 27.9 Å². The predicted octanol–water partition coefficient (Wildman–Crippen LogP) is 17.7. The minimum atomic E-state index is -0.248. The van der Waals surface area contributed by atoms with Crippen LogP contribution in [0.3, 0.4) is 0 Å². The standard InChI is InChI=1S/C64H47N/c1-63(2)57-27-14-13-21-48(57)50-34-31-45(38-59(50)63)65(44-30-28-40-16-5-6-18-42(40)36-44)46-32-35-51-49-33-29-43(37-58(49)64(3,4)60(51)39-46)61-53-22-9-11-24-55(53)62(56-25-12-10-23-54(56)61)52-26-15-19-41-17-7-8-20-47(41)52/h5-39H,1-4H3. The van der Waals surface area contributed by atoms with Gasteiger partial charge in [-0.25, -0.2) is 0 Å². The summed E-state index contributed by atoms with van der Waals surface area (Å²) in [5.74, 6) is 0. The van der Waals surface area contributed by atoms with Crippen LogP contribution in [0.15, 0.2) is 212 Å². The number of rotatable bonds is 5. The fourth-order valence-corrected chi connectivity index (χ4v) is 11.8. The first-order valence-electron chi connectivity index (χ1n) is 23.0. The molecule has 0 bridgehead atoms. The van der Waals surface area contributed by atoms with E-state index < -0.39 is 0 Å². The van der Waals surface area contributed by atoms with Crippen LogP contribution in [0.1, 0.15) is 49.9 Å². The lowest BCUT2D eigenvalue weighted by molar-refractivity contribution is 0.660. The highest BCUT2D eigenvalue weighted by atomic mass is 15.1. The number of anilines is 3. The van der Waals surface area contributed by atoms with E-state index in [1.165, 1.54) is 116 Å². The molecule has 2 aliphatic carbocycles. The third-order valence-electron chi connectivity index (χ3n) is 15.0. The van der Waals surface area contributed by atoms with Gasteiger partial charge in [0.1, 0.15) is 0 Å². The summed E-state index contributed by atoms with van der Waals surface area (Å²) < 4.78 is 0. The summed E-state index contributed by atoms with van der Waals surface area (Å²) in [7, 11) is 0. The van der Waals surface area contributed by atoms with Gasteiger partial charge in [-0.1, -0.05) is 198 Å². The third-order valence-corrected chi connectivity index (χ3v) is 15.0. The number of hydrogen-bond acceptors (Lipinski definition) is 1. The second-order valence-electron chi connectivity index (χ2n) is 19.3. The fraction of sp³-hybridized carbons (Fsp3) is 0.0938. The Kier molecular flexibility index (Phi) is 8.07. The van der Waals surface area contributed by atoms with Crippen LogP contribution in [0.2, 0.25) is 0 Å². The number of benzene rings is 11. The first-order valence-corrected chi connectivity index (χ1v) is 23.0. The summed E-state index contributed by atoms with van der Waals surface area (Å²) >= 11 is 0. The molecule has 0 saturated heterocycles. The third kappa shape index (κ3) is 5.52. The molecule has 0 N–H and O–H groups in total. The summed E-state index contributed by atoms with van der Waals surface area (Å²) in [4.78, 5) is 2.48. The van der Waals surface area contributed by atoms with Crippen molar-refractivity contribution < 1.29 is 0 Å². The molecule has 65 heavy (non-hydrogen) atoms. The van der Waals surface area contributed by atoms with Crippen LogP contribution >= 0.6 is 0 Å². The van der Waals surface area contributed by atoms with Gasteiger partial charge >= 0.3 is 0 Å². The molecule has 0 amide bonds.